The van der Waals surface area contributed by atoms with Gasteiger partial charge in [0.2, 0.25) is 0 Å². The fourth-order valence-electron chi connectivity index (χ4n) is 2.86. The van der Waals surface area contributed by atoms with E-state index in [0.29, 0.717) is 18.2 Å². The van der Waals surface area contributed by atoms with Gasteiger partial charge >= 0.3 is 5.69 Å². The molecule has 0 aliphatic carbocycles. The van der Waals surface area contributed by atoms with Crippen molar-refractivity contribution in [1.82, 2.24) is 9.97 Å². The molecule has 0 aliphatic heterocycles. The van der Waals surface area contributed by atoms with Gasteiger partial charge in [-0.05, 0) is 69.5 Å². The summed E-state index contributed by atoms with van der Waals surface area (Å²) in [6.07, 6.45) is 0. The number of rotatable bonds is 6. The van der Waals surface area contributed by atoms with E-state index in [1.165, 1.54) is 0 Å². The summed E-state index contributed by atoms with van der Waals surface area (Å²) in [6.45, 7) is 1.12. The number of imidazole rings is 1. The number of anilines is 1. The van der Waals surface area contributed by atoms with Gasteiger partial charge in [0.25, 0.3) is 0 Å². The molecule has 0 unspecified atom stereocenters. The molecule has 0 spiro atoms. The molecular weight excluding hydrogens is 442 g/mol. The molecule has 0 atom stereocenters. The molecule has 1 aromatic heterocycles. The summed E-state index contributed by atoms with van der Waals surface area (Å²) in [6, 6.07) is 19.3. The molecule has 7 heteroatoms. The SMILES string of the molecule is O=c1[nH]c2ccc(NCc3ccc(OCc4ccc(Cl)cc4)c(Br)c3)cc2[nH]1. The maximum absolute atomic E-state index is 11.4. The van der Waals surface area contributed by atoms with Gasteiger partial charge in [0, 0.05) is 17.3 Å². The normalized spacial score (nSPS) is 10.9. The van der Waals surface area contributed by atoms with Crippen molar-refractivity contribution in [2.45, 2.75) is 13.2 Å². The summed E-state index contributed by atoms with van der Waals surface area (Å²) in [5.41, 5.74) is 4.46. The number of hydrogen-bond donors (Lipinski definition) is 3. The smallest absolute Gasteiger partial charge is 0.323 e. The van der Waals surface area contributed by atoms with Gasteiger partial charge in [0.05, 0.1) is 15.5 Å². The van der Waals surface area contributed by atoms with Crippen LogP contribution in [0.5, 0.6) is 5.75 Å². The average Bonchev–Trinajstić information content (AvgIpc) is 3.06. The van der Waals surface area contributed by atoms with E-state index in [-0.39, 0.29) is 5.69 Å². The third-order valence-electron chi connectivity index (χ3n) is 4.32. The van der Waals surface area contributed by atoms with E-state index in [1.54, 1.807) is 0 Å². The fourth-order valence-corrected chi connectivity index (χ4v) is 3.53. The van der Waals surface area contributed by atoms with Crippen LogP contribution in [0.1, 0.15) is 11.1 Å². The van der Waals surface area contributed by atoms with Crippen molar-refractivity contribution in [2.75, 3.05) is 5.32 Å². The van der Waals surface area contributed by atoms with Gasteiger partial charge in [-0.3, -0.25) is 0 Å². The maximum atomic E-state index is 11.4. The Bertz CT molecular complexity index is 1170. The Balaban J connectivity index is 1.39. The highest BCUT2D eigenvalue weighted by Crippen LogP contribution is 2.27. The van der Waals surface area contributed by atoms with E-state index in [9.17, 15) is 4.79 Å². The third kappa shape index (κ3) is 4.40. The molecule has 0 saturated heterocycles. The van der Waals surface area contributed by atoms with Crippen molar-refractivity contribution < 1.29 is 4.74 Å². The number of aromatic nitrogens is 2. The maximum Gasteiger partial charge on any atom is 0.323 e. The molecule has 3 aromatic carbocycles. The molecular formula is C21H17BrClN3O2. The Kier molecular flexibility index (Phi) is 5.41. The number of benzene rings is 3. The Morgan fingerprint density at radius 1 is 0.929 bits per heavy atom. The zero-order valence-electron chi connectivity index (χ0n) is 14.8. The lowest BCUT2D eigenvalue weighted by Gasteiger charge is -2.11. The second kappa shape index (κ2) is 8.12. The zero-order chi connectivity index (χ0) is 19.5. The quantitative estimate of drug-likeness (QED) is 0.359. The van der Waals surface area contributed by atoms with Crippen molar-refractivity contribution in [3.8, 4) is 5.75 Å². The van der Waals surface area contributed by atoms with E-state index in [2.05, 4.69) is 31.2 Å². The predicted octanol–water partition coefficient (Wildman–Crippen LogP) is 5.46. The summed E-state index contributed by atoms with van der Waals surface area (Å²) in [5, 5.41) is 4.07. The molecule has 0 aliphatic rings. The minimum absolute atomic E-state index is 0.203. The minimum atomic E-state index is -0.203. The monoisotopic (exact) mass is 457 g/mol. The van der Waals surface area contributed by atoms with Crippen LogP contribution in [0.4, 0.5) is 5.69 Å². The highest BCUT2D eigenvalue weighted by molar-refractivity contribution is 9.10. The molecule has 0 bridgehead atoms. The Labute approximate surface area is 174 Å². The molecule has 142 valence electrons. The lowest BCUT2D eigenvalue weighted by molar-refractivity contribution is 0.304. The number of H-pyrrole nitrogens is 2. The lowest BCUT2D eigenvalue weighted by Crippen LogP contribution is -2.01. The molecule has 4 aromatic rings. The van der Waals surface area contributed by atoms with Gasteiger partial charge in [-0.2, -0.15) is 0 Å². The summed E-state index contributed by atoms with van der Waals surface area (Å²) in [7, 11) is 0. The van der Waals surface area contributed by atoms with Crippen molar-refractivity contribution in [1.29, 1.82) is 0 Å². The van der Waals surface area contributed by atoms with Crippen LogP contribution in [-0.4, -0.2) is 9.97 Å². The van der Waals surface area contributed by atoms with E-state index < -0.39 is 0 Å². The van der Waals surface area contributed by atoms with Gasteiger partial charge in [0.15, 0.2) is 0 Å². The molecule has 5 nitrogen and oxygen atoms in total. The number of fused-ring (bicyclic) bond motifs is 1. The van der Waals surface area contributed by atoms with Crippen LogP contribution < -0.4 is 15.7 Å². The number of ether oxygens (including phenoxy) is 1. The first-order chi connectivity index (χ1) is 13.6. The van der Waals surface area contributed by atoms with Crippen LogP contribution in [-0.2, 0) is 13.2 Å². The molecule has 0 amide bonds. The van der Waals surface area contributed by atoms with Crippen LogP contribution in [0.15, 0.2) is 69.9 Å². The largest absolute Gasteiger partial charge is 0.488 e. The Morgan fingerprint density at radius 3 is 2.46 bits per heavy atom. The van der Waals surface area contributed by atoms with Gasteiger partial charge in [-0.1, -0.05) is 29.8 Å². The summed E-state index contributed by atoms with van der Waals surface area (Å²) in [4.78, 5) is 16.8. The first kappa shape index (κ1) is 18.7. The summed E-state index contributed by atoms with van der Waals surface area (Å²) < 4.78 is 6.78. The lowest BCUT2D eigenvalue weighted by atomic mass is 10.2. The zero-order valence-corrected chi connectivity index (χ0v) is 17.1. The first-order valence-electron chi connectivity index (χ1n) is 8.68. The van der Waals surface area contributed by atoms with E-state index in [4.69, 9.17) is 16.3 Å². The average molecular weight is 459 g/mol. The minimum Gasteiger partial charge on any atom is -0.488 e. The first-order valence-corrected chi connectivity index (χ1v) is 9.85. The predicted molar refractivity (Wildman–Crippen MR) is 116 cm³/mol. The topological polar surface area (TPSA) is 69.9 Å². The number of hydrogen-bond acceptors (Lipinski definition) is 3. The van der Waals surface area contributed by atoms with Gasteiger partial charge in [-0.15, -0.1) is 0 Å². The number of aromatic amines is 2. The second-order valence-electron chi connectivity index (χ2n) is 6.37. The molecule has 0 saturated carbocycles. The highest BCUT2D eigenvalue weighted by atomic mass is 79.9. The molecule has 4 rings (SSSR count). The van der Waals surface area contributed by atoms with Crippen molar-refractivity contribution in [3.05, 3.63) is 91.8 Å². The van der Waals surface area contributed by atoms with Crippen molar-refractivity contribution >= 4 is 44.3 Å². The van der Waals surface area contributed by atoms with Gasteiger partial charge < -0.3 is 20.0 Å². The standard InChI is InChI=1S/C21H17BrClN3O2/c22-17-9-14(3-8-20(17)28-12-13-1-4-15(23)5-2-13)11-24-16-6-7-18-19(10-16)26-21(27)25-18/h1-10,24H,11-12H2,(H2,25,26,27). The van der Waals surface area contributed by atoms with Crippen LogP contribution in [0.3, 0.4) is 0 Å². The summed E-state index contributed by atoms with van der Waals surface area (Å²) >= 11 is 9.48. The molecule has 28 heavy (non-hydrogen) atoms. The van der Waals surface area contributed by atoms with Gasteiger partial charge in [-0.25, -0.2) is 4.79 Å². The van der Waals surface area contributed by atoms with Crippen LogP contribution in [0.2, 0.25) is 5.02 Å². The van der Waals surface area contributed by atoms with E-state index in [0.717, 1.165) is 38.1 Å². The van der Waals surface area contributed by atoms with Crippen molar-refractivity contribution in [3.63, 3.8) is 0 Å². The fraction of sp³-hybridized carbons (Fsp3) is 0.0952. The van der Waals surface area contributed by atoms with E-state index in [1.807, 2.05) is 60.7 Å². The number of nitrogens with one attached hydrogen (secondary N) is 3. The van der Waals surface area contributed by atoms with Crippen LogP contribution in [0.25, 0.3) is 11.0 Å². The summed E-state index contributed by atoms with van der Waals surface area (Å²) in [5.74, 6) is 0.782. The molecule has 0 fully saturated rings. The molecule has 0 radical (unpaired) electrons. The second-order valence-corrected chi connectivity index (χ2v) is 7.66. The molecule has 3 N–H and O–H groups in total. The third-order valence-corrected chi connectivity index (χ3v) is 5.19. The Morgan fingerprint density at radius 2 is 1.68 bits per heavy atom. The van der Waals surface area contributed by atoms with Crippen molar-refractivity contribution in [2.24, 2.45) is 0 Å². The Hall–Kier alpha value is -2.70. The molecule has 1 heterocycles. The van der Waals surface area contributed by atoms with Crippen LogP contribution >= 0.6 is 27.5 Å². The van der Waals surface area contributed by atoms with Gasteiger partial charge in [0.1, 0.15) is 12.4 Å². The van der Waals surface area contributed by atoms with E-state index >= 15 is 0 Å². The van der Waals surface area contributed by atoms with Crippen LogP contribution in [0, 0.1) is 0 Å². The highest BCUT2D eigenvalue weighted by Gasteiger charge is 2.05. The number of halogens is 2.